The van der Waals surface area contributed by atoms with Gasteiger partial charge in [-0.2, -0.15) is 5.10 Å². The lowest BCUT2D eigenvalue weighted by Gasteiger charge is -2.34. The van der Waals surface area contributed by atoms with Crippen molar-refractivity contribution in [2.75, 3.05) is 26.2 Å². The molecule has 0 atom stereocenters. The van der Waals surface area contributed by atoms with E-state index in [0.29, 0.717) is 0 Å². The van der Waals surface area contributed by atoms with E-state index in [0.717, 1.165) is 55.5 Å². The SMILES string of the molecule is Cn1cc(CN2CCN(Cc3ccccc3)CC2)c(-c2cccc(Cl)c2)n1. The van der Waals surface area contributed by atoms with E-state index in [9.17, 15) is 0 Å². The fourth-order valence-electron chi connectivity index (χ4n) is 3.72. The Bertz CT molecular complexity index is 882. The standard InChI is InChI=1S/C22H25ClN4/c1-25-16-20(22(24-25)19-8-5-9-21(23)14-19)17-27-12-10-26(11-13-27)15-18-6-3-2-4-7-18/h2-9,14,16H,10-13,15,17H2,1H3. The Morgan fingerprint density at radius 1 is 0.889 bits per heavy atom. The first-order valence-corrected chi connectivity index (χ1v) is 9.82. The van der Waals surface area contributed by atoms with Gasteiger partial charge in [0.2, 0.25) is 0 Å². The second kappa shape index (κ2) is 8.26. The quantitative estimate of drug-likeness (QED) is 0.667. The summed E-state index contributed by atoms with van der Waals surface area (Å²) in [7, 11) is 1.98. The third-order valence-corrected chi connectivity index (χ3v) is 5.35. The van der Waals surface area contributed by atoms with Crippen molar-refractivity contribution in [1.29, 1.82) is 0 Å². The fourth-order valence-corrected chi connectivity index (χ4v) is 3.91. The van der Waals surface area contributed by atoms with Crippen molar-refractivity contribution >= 4 is 11.6 Å². The van der Waals surface area contributed by atoms with E-state index in [1.54, 1.807) is 0 Å². The molecule has 0 aliphatic carbocycles. The summed E-state index contributed by atoms with van der Waals surface area (Å²) in [4.78, 5) is 5.06. The van der Waals surface area contributed by atoms with Gasteiger partial charge in [0.05, 0.1) is 5.69 Å². The summed E-state index contributed by atoms with van der Waals surface area (Å²) in [6.07, 6.45) is 2.13. The summed E-state index contributed by atoms with van der Waals surface area (Å²) in [5.41, 5.74) is 4.77. The Morgan fingerprint density at radius 3 is 2.30 bits per heavy atom. The Kier molecular flexibility index (Phi) is 5.58. The molecular formula is C22H25ClN4. The number of benzene rings is 2. The summed E-state index contributed by atoms with van der Waals surface area (Å²) in [5, 5.41) is 5.43. The molecule has 1 aliphatic rings. The smallest absolute Gasteiger partial charge is 0.0968 e. The van der Waals surface area contributed by atoms with Gasteiger partial charge in [-0.1, -0.05) is 54.1 Å². The van der Waals surface area contributed by atoms with Gasteiger partial charge in [-0.3, -0.25) is 14.5 Å². The number of hydrogen-bond donors (Lipinski definition) is 0. The molecule has 3 aromatic rings. The van der Waals surface area contributed by atoms with Crippen molar-refractivity contribution in [3.05, 3.63) is 76.9 Å². The lowest BCUT2D eigenvalue weighted by Crippen LogP contribution is -2.45. The zero-order valence-electron chi connectivity index (χ0n) is 15.7. The second-order valence-electron chi connectivity index (χ2n) is 7.22. The number of rotatable bonds is 5. The predicted octanol–water partition coefficient (Wildman–Crippen LogP) is 4.06. The van der Waals surface area contributed by atoms with Gasteiger partial charge in [0.25, 0.3) is 0 Å². The monoisotopic (exact) mass is 380 g/mol. The van der Waals surface area contributed by atoms with Crippen LogP contribution in [0.5, 0.6) is 0 Å². The summed E-state index contributed by atoms with van der Waals surface area (Å²) < 4.78 is 1.90. The highest BCUT2D eigenvalue weighted by Gasteiger charge is 2.19. The van der Waals surface area contributed by atoms with Crippen molar-refractivity contribution in [2.45, 2.75) is 13.1 Å². The predicted molar refractivity (Wildman–Crippen MR) is 111 cm³/mol. The third-order valence-electron chi connectivity index (χ3n) is 5.11. The Balaban J connectivity index is 1.40. The first-order chi connectivity index (χ1) is 13.2. The lowest BCUT2D eigenvalue weighted by molar-refractivity contribution is 0.122. The largest absolute Gasteiger partial charge is 0.297 e. The molecule has 5 heteroatoms. The van der Waals surface area contributed by atoms with Gasteiger partial charge in [-0.15, -0.1) is 0 Å². The van der Waals surface area contributed by atoms with Crippen molar-refractivity contribution in [3.63, 3.8) is 0 Å². The molecule has 4 nitrogen and oxygen atoms in total. The van der Waals surface area contributed by atoms with Gasteiger partial charge < -0.3 is 0 Å². The van der Waals surface area contributed by atoms with E-state index in [4.69, 9.17) is 11.6 Å². The molecule has 0 spiro atoms. The van der Waals surface area contributed by atoms with Crippen LogP contribution < -0.4 is 0 Å². The van der Waals surface area contributed by atoms with Crippen LogP contribution in [0.15, 0.2) is 60.8 Å². The minimum Gasteiger partial charge on any atom is -0.297 e. The van der Waals surface area contributed by atoms with Gasteiger partial charge in [-0.25, -0.2) is 0 Å². The van der Waals surface area contributed by atoms with Crippen molar-refractivity contribution in [3.8, 4) is 11.3 Å². The normalized spacial score (nSPS) is 15.9. The van der Waals surface area contributed by atoms with Crippen LogP contribution in [0.4, 0.5) is 0 Å². The molecule has 0 radical (unpaired) electrons. The molecule has 0 saturated carbocycles. The Hall–Kier alpha value is -2.14. The minimum atomic E-state index is 0.749. The average molecular weight is 381 g/mol. The molecule has 1 aliphatic heterocycles. The molecule has 2 aromatic carbocycles. The average Bonchev–Trinajstić information content (AvgIpc) is 3.04. The van der Waals surface area contributed by atoms with Crippen LogP contribution >= 0.6 is 11.6 Å². The summed E-state index contributed by atoms with van der Waals surface area (Å²) >= 11 is 6.18. The van der Waals surface area contributed by atoms with Crippen LogP contribution in [-0.2, 0) is 20.1 Å². The molecule has 0 N–H and O–H groups in total. The van der Waals surface area contributed by atoms with Crippen molar-refractivity contribution in [1.82, 2.24) is 19.6 Å². The van der Waals surface area contributed by atoms with Crippen molar-refractivity contribution in [2.24, 2.45) is 7.05 Å². The lowest BCUT2D eigenvalue weighted by atomic mass is 10.1. The van der Waals surface area contributed by atoms with Crippen LogP contribution in [0.2, 0.25) is 5.02 Å². The number of halogens is 1. The maximum absolute atomic E-state index is 6.18. The van der Waals surface area contributed by atoms with Gasteiger partial charge in [0.15, 0.2) is 0 Å². The van der Waals surface area contributed by atoms with E-state index in [-0.39, 0.29) is 0 Å². The molecule has 1 aromatic heterocycles. The van der Waals surface area contributed by atoms with E-state index >= 15 is 0 Å². The molecule has 0 unspecified atom stereocenters. The Morgan fingerprint density at radius 2 is 1.59 bits per heavy atom. The highest BCUT2D eigenvalue weighted by atomic mass is 35.5. The first-order valence-electron chi connectivity index (χ1n) is 9.44. The van der Waals surface area contributed by atoms with Gasteiger partial charge in [0.1, 0.15) is 0 Å². The van der Waals surface area contributed by atoms with Gasteiger partial charge in [-0.05, 0) is 17.7 Å². The minimum absolute atomic E-state index is 0.749. The van der Waals surface area contributed by atoms with E-state index in [2.05, 4.69) is 57.5 Å². The summed E-state index contributed by atoms with van der Waals surface area (Å²) in [5.74, 6) is 0. The number of piperazine rings is 1. The molecule has 140 valence electrons. The van der Waals surface area contributed by atoms with E-state index in [1.807, 2.05) is 29.9 Å². The number of aromatic nitrogens is 2. The highest BCUT2D eigenvalue weighted by molar-refractivity contribution is 6.30. The molecule has 0 amide bonds. The molecular weight excluding hydrogens is 356 g/mol. The van der Waals surface area contributed by atoms with Crippen LogP contribution in [0, 0.1) is 0 Å². The number of hydrogen-bond acceptors (Lipinski definition) is 3. The zero-order chi connectivity index (χ0) is 18.6. The number of aryl methyl sites for hydroxylation is 1. The van der Waals surface area contributed by atoms with Crippen molar-refractivity contribution < 1.29 is 0 Å². The molecule has 0 bridgehead atoms. The topological polar surface area (TPSA) is 24.3 Å². The molecule has 2 heterocycles. The van der Waals surface area contributed by atoms with Crippen LogP contribution in [0.1, 0.15) is 11.1 Å². The van der Waals surface area contributed by atoms with Crippen LogP contribution in [0.25, 0.3) is 11.3 Å². The third kappa shape index (κ3) is 4.59. The molecule has 4 rings (SSSR count). The van der Waals surface area contributed by atoms with Crippen LogP contribution in [0.3, 0.4) is 0 Å². The molecule has 27 heavy (non-hydrogen) atoms. The summed E-state index contributed by atoms with van der Waals surface area (Å²) in [6, 6.07) is 18.7. The van der Waals surface area contributed by atoms with E-state index < -0.39 is 0 Å². The second-order valence-corrected chi connectivity index (χ2v) is 7.66. The summed E-state index contributed by atoms with van der Waals surface area (Å²) in [6.45, 7) is 6.32. The Labute approximate surface area is 166 Å². The maximum atomic E-state index is 6.18. The molecule has 1 saturated heterocycles. The van der Waals surface area contributed by atoms with E-state index in [1.165, 1.54) is 11.1 Å². The maximum Gasteiger partial charge on any atom is 0.0968 e. The van der Waals surface area contributed by atoms with Crippen LogP contribution in [-0.4, -0.2) is 45.8 Å². The zero-order valence-corrected chi connectivity index (χ0v) is 16.4. The highest BCUT2D eigenvalue weighted by Crippen LogP contribution is 2.26. The first kappa shape index (κ1) is 18.2. The van der Waals surface area contributed by atoms with Gasteiger partial charge in [0, 0.05) is 68.7 Å². The molecule has 1 fully saturated rings. The number of nitrogens with zero attached hydrogens (tertiary/aromatic N) is 4. The van der Waals surface area contributed by atoms with Gasteiger partial charge >= 0.3 is 0 Å². The fraction of sp³-hybridized carbons (Fsp3) is 0.318.